The van der Waals surface area contributed by atoms with Crippen LogP contribution in [0.15, 0.2) is 16.8 Å². The third-order valence-electron chi connectivity index (χ3n) is 4.69. The Morgan fingerprint density at radius 3 is 2.72 bits per heavy atom. The highest BCUT2D eigenvalue weighted by Crippen LogP contribution is 2.50. The van der Waals surface area contributed by atoms with Gasteiger partial charge in [0.05, 0.1) is 11.7 Å². The molecule has 0 radical (unpaired) electrons. The first-order valence-corrected chi connectivity index (χ1v) is 7.54. The normalized spacial score (nSPS) is 26.1. The van der Waals surface area contributed by atoms with Crippen LogP contribution >= 0.6 is 11.3 Å². The van der Waals surface area contributed by atoms with E-state index in [1.54, 1.807) is 11.3 Å². The van der Waals surface area contributed by atoms with Gasteiger partial charge in [-0.2, -0.15) is 11.3 Å². The number of methoxy groups -OCH3 is 1. The zero-order valence-electron chi connectivity index (χ0n) is 10.7. The molecule has 2 aliphatic rings. The number of ether oxygens (including phenoxy) is 1. The zero-order valence-corrected chi connectivity index (χ0v) is 11.5. The van der Waals surface area contributed by atoms with E-state index in [0.29, 0.717) is 11.5 Å². The van der Waals surface area contributed by atoms with E-state index >= 15 is 0 Å². The third kappa shape index (κ3) is 1.88. The van der Waals surface area contributed by atoms with Crippen molar-refractivity contribution in [3.05, 3.63) is 22.4 Å². The Bertz CT molecular complexity index is 419. The molecule has 1 amide bonds. The molecular weight excluding hydrogens is 246 g/mol. The van der Waals surface area contributed by atoms with Crippen LogP contribution in [0.2, 0.25) is 0 Å². The lowest BCUT2D eigenvalue weighted by molar-refractivity contribution is -0.116. The van der Waals surface area contributed by atoms with E-state index in [1.165, 1.54) is 12.8 Å². The van der Waals surface area contributed by atoms with Crippen LogP contribution in [0.1, 0.15) is 36.0 Å². The highest BCUT2D eigenvalue weighted by Gasteiger charge is 2.48. The van der Waals surface area contributed by atoms with Crippen LogP contribution in [0.3, 0.4) is 0 Å². The van der Waals surface area contributed by atoms with E-state index in [1.807, 2.05) is 28.8 Å². The summed E-state index contributed by atoms with van der Waals surface area (Å²) in [6.07, 6.45) is 5.08. The first-order chi connectivity index (χ1) is 8.75. The molecule has 0 bridgehead atoms. The molecular formula is C14H19NO2S. The van der Waals surface area contributed by atoms with Gasteiger partial charge in [-0.1, -0.05) is 0 Å². The maximum atomic E-state index is 12.2. The third-order valence-corrected chi connectivity index (χ3v) is 5.37. The number of piperidine rings is 1. The maximum absolute atomic E-state index is 12.2. The topological polar surface area (TPSA) is 29.5 Å². The van der Waals surface area contributed by atoms with Crippen molar-refractivity contribution in [1.29, 1.82) is 0 Å². The van der Waals surface area contributed by atoms with E-state index in [4.69, 9.17) is 4.74 Å². The lowest BCUT2D eigenvalue weighted by Crippen LogP contribution is -2.53. The number of rotatable bonds is 2. The summed E-state index contributed by atoms with van der Waals surface area (Å²) in [6, 6.07) is 1.92. The molecule has 1 saturated carbocycles. The van der Waals surface area contributed by atoms with Gasteiger partial charge in [0.25, 0.3) is 5.91 Å². The van der Waals surface area contributed by atoms with Crippen molar-refractivity contribution in [1.82, 2.24) is 4.90 Å². The average Bonchev–Trinajstić information content (AvgIpc) is 2.91. The Morgan fingerprint density at radius 1 is 1.44 bits per heavy atom. The van der Waals surface area contributed by atoms with E-state index in [2.05, 4.69) is 0 Å². The Kier molecular flexibility index (Phi) is 3.16. The minimum atomic E-state index is 0.194. The molecule has 1 saturated heterocycles. The van der Waals surface area contributed by atoms with Crippen LogP contribution in [0.4, 0.5) is 0 Å². The number of hydrogen-bond acceptors (Lipinski definition) is 3. The Labute approximate surface area is 112 Å². The molecule has 1 atom stereocenters. The van der Waals surface area contributed by atoms with E-state index < -0.39 is 0 Å². The minimum absolute atomic E-state index is 0.194. The van der Waals surface area contributed by atoms with Crippen molar-refractivity contribution >= 4 is 17.2 Å². The fourth-order valence-corrected chi connectivity index (χ4v) is 3.96. The summed E-state index contributed by atoms with van der Waals surface area (Å²) in [5.41, 5.74) is 1.22. The summed E-state index contributed by atoms with van der Waals surface area (Å²) >= 11 is 1.58. The molecule has 0 aromatic carbocycles. The molecule has 2 heterocycles. The van der Waals surface area contributed by atoms with Crippen molar-refractivity contribution in [3.63, 3.8) is 0 Å². The Balaban J connectivity index is 1.62. The Morgan fingerprint density at radius 2 is 2.22 bits per heavy atom. The molecule has 3 nitrogen and oxygen atoms in total. The average molecular weight is 265 g/mol. The smallest absolute Gasteiger partial charge is 0.254 e. The van der Waals surface area contributed by atoms with Crippen LogP contribution in [0, 0.1) is 5.41 Å². The van der Waals surface area contributed by atoms with Gasteiger partial charge in [-0.25, -0.2) is 0 Å². The largest absolute Gasteiger partial charge is 0.381 e. The number of thiophene rings is 1. The molecule has 3 rings (SSSR count). The van der Waals surface area contributed by atoms with Crippen molar-refractivity contribution in [2.75, 3.05) is 20.2 Å². The first-order valence-electron chi connectivity index (χ1n) is 6.59. The van der Waals surface area contributed by atoms with E-state index in [-0.39, 0.29) is 5.91 Å². The number of hydrogen-bond donors (Lipinski definition) is 0. The molecule has 2 fully saturated rings. The van der Waals surface area contributed by atoms with Gasteiger partial charge in [0.2, 0.25) is 0 Å². The highest BCUT2D eigenvalue weighted by molar-refractivity contribution is 7.08. The van der Waals surface area contributed by atoms with Crippen LogP contribution in [0.5, 0.6) is 0 Å². The predicted molar refractivity (Wildman–Crippen MR) is 71.9 cm³/mol. The molecule has 1 aliphatic heterocycles. The summed E-state index contributed by atoms with van der Waals surface area (Å²) in [4.78, 5) is 14.2. The van der Waals surface area contributed by atoms with Crippen LogP contribution in [0.25, 0.3) is 0 Å². The summed E-state index contributed by atoms with van der Waals surface area (Å²) < 4.78 is 5.55. The van der Waals surface area contributed by atoms with Gasteiger partial charge in [0, 0.05) is 31.0 Å². The lowest BCUT2D eigenvalue weighted by atomic mass is 9.61. The van der Waals surface area contributed by atoms with Gasteiger partial charge in [-0.3, -0.25) is 4.79 Å². The second-order valence-electron chi connectivity index (χ2n) is 5.43. The fraction of sp³-hybridized carbons (Fsp3) is 0.643. The molecule has 4 heteroatoms. The van der Waals surface area contributed by atoms with Gasteiger partial charge in [-0.15, -0.1) is 0 Å². The maximum Gasteiger partial charge on any atom is 0.254 e. The monoisotopic (exact) mass is 265 g/mol. The SMILES string of the molecule is COC1CCC12CCN(C(=O)c1ccsc1)CC2. The molecule has 1 aliphatic carbocycles. The lowest BCUT2D eigenvalue weighted by Gasteiger charge is -2.53. The van der Waals surface area contributed by atoms with E-state index in [9.17, 15) is 4.79 Å². The summed E-state index contributed by atoms with van der Waals surface area (Å²) in [7, 11) is 1.81. The fourth-order valence-electron chi connectivity index (χ4n) is 3.33. The number of nitrogens with zero attached hydrogens (tertiary/aromatic N) is 1. The molecule has 1 unspecified atom stereocenters. The quantitative estimate of drug-likeness (QED) is 0.823. The van der Waals surface area contributed by atoms with Crippen molar-refractivity contribution in [3.8, 4) is 0 Å². The Hall–Kier alpha value is -0.870. The summed E-state index contributed by atoms with van der Waals surface area (Å²) in [6.45, 7) is 1.77. The zero-order chi connectivity index (χ0) is 12.6. The van der Waals surface area contributed by atoms with Crippen LogP contribution in [-0.4, -0.2) is 37.1 Å². The standard InChI is InChI=1S/C14H19NO2S/c1-17-12-2-4-14(12)5-7-15(8-6-14)13(16)11-3-9-18-10-11/h3,9-10,12H,2,4-8H2,1H3. The van der Waals surface area contributed by atoms with Crippen LogP contribution in [-0.2, 0) is 4.74 Å². The van der Waals surface area contributed by atoms with Gasteiger partial charge in [0.1, 0.15) is 0 Å². The van der Waals surface area contributed by atoms with Gasteiger partial charge >= 0.3 is 0 Å². The number of carbonyl (C=O) groups excluding carboxylic acids is 1. The van der Waals surface area contributed by atoms with Gasteiger partial charge in [-0.05, 0) is 37.1 Å². The molecule has 0 N–H and O–H groups in total. The van der Waals surface area contributed by atoms with Crippen molar-refractivity contribution < 1.29 is 9.53 Å². The van der Waals surface area contributed by atoms with Crippen molar-refractivity contribution in [2.45, 2.75) is 31.8 Å². The number of amides is 1. The summed E-state index contributed by atoms with van der Waals surface area (Å²) in [5.74, 6) is 0.194. The van der Waals surface area contributed by atoms with Gasteiger partial charge < -0.3 is 9.64 Å². The molecule has 1 spiro atoms. The second-order valence-corrected chi connectivity index (χ2v) is 6.21. The highest BCUT2D eigenvalue weighted by atomic mass is 32.1. The minimum Gasteiger partial charge on any atom is -0.381 e. The van der Waals surface area contributed by atoms with Gasteiger partial charge in [0.15, 0.2) is 0 Å². The molecule has 1 aromatic rings. The molecule has 1 aromatic heterocycles. The van der Waals surface area contributed by atoms with Crippen LogP contribution < -0.4 is 0 Å². The molecule has 98 valence electrons. The number of likely N-dealkylation sites (tertiary alicyclic amines) is 1. The number of carbonyl (C=O) groups is 1. The first kappa shape index (κ1) is 12.2. The second kappa shape index (κ2) is 4.67. The summed E-state index contributed by atoms with van der Waals surface area (Å²) in [5, 5.41) is 3.90. The molecule has 18 heavy (non-hydrogen) atoms. The van der Waals surface area contributed by atoms with Crippen molar-refractivity contribution in [2.24, 2.45) is 5.41 Å². The van der Waals surface area contributed by atoms with E-state index in [0.717, 1.165) is 31.5 Å². The predicted octanol–water partition coefficient (Wildman–Crippen LogP) is 2.78.